The smallest absolute Gasteiger partial charge is 0.362 e. The quantitative estimate of drug-likeness (QED) is 0.0351. The molecule has 0 fully saturated rings. The van der Waals surface area contributed by atoms with E-state index in [1.54, 1.807) is 0 Å². The van der Waals surface area contributed by atoms with Crippen LogP contribution in [0, 0.1) is 0 Å². The highest BCUT2D eigenvalue weighted by atomic mass is 16.6. The molecule has 13 nitrogen and oxygen atoms in total. The fraction of sp³-hybridized carbons (Fsp3) is 0.806. The molecule has 0 aromatic heterocycles. The molecule has 2 amide bonds. The number of quaternary nitrogens is 2. The third kappa shape index (κ3) is 28.5. The van der Waals surface area contributed by atoms with Gasteiger partial charge in [0.25, 0.3) is 5.91 Å². The van der Waals surface area contributed by atoms with Gasteiger partial charge in [0.2, 0.25) is 5.91 Å². The molecule has 0 radical (unpaired) electrons. The standard InChI is InChI=1S/C36H66N4O9/c1-8-9-16-20-33(49-36(46)29-40(6,7)25-27-48-31(3)42)32(43)19-17-14-12-10-11-13-15-18-21-34(44)37-22-23-38-35(45)28-39(4,5)24-26-47-30(2)41/h14,17,32-33,43H,8-13,15-16,18-29H2,1-7H3/p+2. The van der Waals surface area contributed by atoms with Crippen molar-refractivity contribution in [3.05, 3.63) is 12.2 Å². The summed E-state index contributed by atoms with van der Waals surface area (Å²) in [6, 6.07) is 0. The van der Waals surface area contributed by atoms with Crippen LogP contribution >= 0.6 is 0 Å². The first-order valence-electron chi connectivity index (χ1n) is 18.0. The average molecular weight is 701 g/mol. The van der Waals surface area contributed by atoms with Crippen molar-refractivity contribution in [2.75, 3.05) is 80.7 Å². The number of unbranched alkanes of at least 4 members (excludes halogenated alkanes) is 7. The summed E-state index contributed by atoms with van der Waals surface area (Å²) < 4.78 is 16.4. The number of carbonyl (C=O) groups excluding carboxylic acids is 5. The van der Waals surface area contributed by atoms with Crippen LogP contribution in [0.25, 0.3) is 0 Å². The summed E-state index contributed by atoms with van der Waals surface area (Å²) in [6.45, 7) is 7.45. The van der Waals surface area contributed by atoms with Gasteiger partial charge in [-0.1, -0.05) is 51.2 Å². The number of aliphatic hydroxyl groups excluding tert-OH is 1. The van der Waals surface area contributed by atoms with E-state index in [4.69, 9.17) is 14.2 Å². The van der Waals surface area contributed by atoms with Crippen LogP contribution in [0.15, 0.2) is 12.2 Å². The Bertz CT molecular complexity index is 1000. The van der Waals surface area contributed by atoms with Crippen LogP contribution in [0.5, 0.6) is 0 Å². The molecule has 13 heteroatoms. The maximum atomic E-state index is 12.7. The first-order chi connectivity index (χ1) is 23.1. The van der Waals surface area contributed by atoms with E-state index in [1.807, 2.05) is 34.3 Å². The number of amides is 2. The first-order valence-corrected chi connectivity index (χ1v) is 18.0. The second-order valence-electron chi connectivity index (χ2n) is 14.1. The highest BCUT2D eigenvalue weighted by Crippen LogP contribution is 2.16. The summed E-state index contributed by atoms with van der Waals surface area (Å²) in [4.78, 5) is 58.9. The Balaban J connectivity index is 4.16. The molecule has 49 heavy (non-hydrogen) atoms. The predicted molar refractivity (Wildman–Crippen MR) is 189 cm³/mol. The molecule has 0 saturated carbocycles. The van der Waals surface area contributed by atoms with Crippen molar-refractivity contribution in [3.63, 3.8) is 0 Å². The summed E-state index contributed by atoms with van der Waals surface area (Å²) in [7, 11) is 7.54. The minimum absolute atomic E-state index is 0.0195. The predicted octanol–water partition coefficient (Wildman–Crippen LogP) is 3.03. The molecule has 3 N–H and O–H groups in total. The number of ether oxygens (including phenoxy) is 3. The van der Waals surface area contributed by atoms with Gasteiger partial charge in [-0.3, -0.25) is 19.2 Å². The van der Waals surface area contributed by atoms with Gasteiger partial charge in [0, 0.05) is 33.4 Å². The zero-order valence-electron chi connectivity index (χ0n) is 31.6. The molecule has 0 aromatic rings. The van der Waals surface area contributed by atoms with Gasteiger partial charge in [0.05, 0.1) is 34.3 Å². The van der Waals surface area contributed by atoms with E-state index < -0.39 is 12.2 Å². The molecule has 0 spiro atoms. The Kier molecular flexibility index (Phi) is 25.1. The zero-order valence-corrected chi connectivity index (χ0v) is 31.6. The maximum absolute atomic E-state index is 12.7. The van der Waals surface area contributed by atoms with Gasteiger partial charge in [0.15, 0.2) is 13.1 Å². The molecule has 0 bridgehead atoms. The summed E-state index contributed by atoms with van der Waals surface area (Å²) >= 11 is 0. The molecular weight excluding hydrogens is 632 g/mol. The van der Waals surface area contributed by atoms with Crippen LogP contribution in [-0.2, 0) is 38.2 Å². The van der Waals surface area contributed by atoms with Crippen molar-refractivity contribution in [1.29, 1.82) is 0 Å². The Labute approximate surface area is 295 Å². The lowest BCUT2D eigenvalue weighted by atomic mass is 10.0. The Morgan fingerprint density at radius 1 is 0.714 bits per heavy atom. The zero-order chi connectivity index (χ0) is 37.1. The number of hydrogen-bond donors (Lipinski definition) is 3. The van der Waals surface area contributed by atoms with E-state index in [1.165, 1.54) is 13.8 Å². The van der Waals surface area contributed by atoms with Crippen molar-refractivity contribution in [1.82, 2.24) is 10.6 Å². The van der Waals surface area contributed by atoms with E-state index in [0.29, 0.717) is 54.4 Å². The molecular formula is C36H68N4O9+2. The van der Waals surface area contributed by atoms with E-state index in [2.05, 4.69) is 23.6 Å². The molecule has 0 saturated heterocycles. The van der Waals surface area contributed by atoms with Crippen LogP contribution in [0.1, 0.15) is 97.8 Å². The second-order valence-corrected chi connectivity index (χ2v) is 14.1. The van der Waals surface area contributed by atoms with E-state index in [9.17, 15) is 29.1 Å². The summed E-state index contributed by atoms with van der Waals surface area (Å²) in [6.07, 6.45) is 12.9. The van der Waals surface area contributed by atoms with Crippen molar-refractivity contribution in [2.24, 2.45) is 0 Å². The third-order valence-corrected chi connectivity index (χ3v) is 8.03. The van der Waals surface area contributed by atoms with E-state index in [0.717, 1.165) is 57.8 Å². The third-order valence-electron chi connectivity index (χ3n) is 8.03. The topological polar surface area (TPSA) is 157 Å². The van der Waals surface area contributed by atoms with Crippen molar-refractivity contribution in [3.8, 4) is 0 Å². The van der Waals surface area contributed by atoms with Gasteiger partial charge in [-0.15, -0.1) is 0 Å². The number of likely N-dealkylation sites (N-methyl/N-ethyl adjacent to an activating group) is 2. The number of esters is 3. The van der Waals surface area contributed by atoms with Crippen LogP contribution in [-0.4, -0.2) is 137 Å². The van der Waals surface area contributed by atoms with Gasteiger partial charge in [0.1, 0.15) is 32.4 Å². The van der Waals surface area contributed by atoms with Crippen molar-refractivity contribution < 1.29 is 52.3 Å². The highest BCUT2D eigenvalue weighted by molar-refractivity contribution is 5.77. The van der Waals surface area contributed by atoms with Gasteiger partial charge in [-0.25, -0.2) is 4.79 Å². The molecule has 2 unspecified atom stereocenters. The number of rotatable bonds is 29. The van der Waals surface area contributed by atoms with Crippen LogP contribution in [0.3, 0.4) is 0 Å². The average Bonchev–Trinajstić information content (AvgIpc) is 2.98. The molecule has 0 aliphatic rings. The molecule has 2 atom stereocenters. The summed E-state index contributed by atoms with van der Waals surface area (Å²) in [5.74, 6) is -1.20. The van der Waals surface area contributed by atoms with E-state index >= 15 is 0 Å². The van der Waals surface area contributed by atoms with E-state index in [-0.39, 0.29) is 56.0 Å². The SMILES string of the molecule is CCCCCC(OC(=O)C[N+](C)(C)CCOC(C)=O)C(O)CC=CCCCCCCCC(=O)NCCNC(=O)C[N+](C)(C)CCOC(C)=O. The fourth-order valence-corrected chi connectivity index (χ4v) is 5.03. The molecule has 0 rings (SSSR count). The number of nitrogens with one attached hydrogen (secondary N) is 2. The Hall–Kier alpha value is -3.03. The van der Waals surface area contributed by atoms with Crippen molar-refractivity contribution >= 4 is 29.7 Å². The van der Waals surface area contributed by atoms with Crippen LogP contribution in [0.2, 0.25) is 0 Å². The minimum atomic E-state index is -0.771. The molecule has 0 aliphatic carbocycles. The molecule has 0 aliphatic heterocycles. The molecule has 0 heterocycles. The lowest BCUT2D eigenvalue weighted by Crippen LogP contribution is -2.50. The highest BCUT2D eigenvalue weighted by Gasteiger charge is 2.27. The van der Waals surface area contributed by atoms with Crippen molar-refractivity contribution in [2.45, 2.75) is 110 Å². The lowest BCUT2D eigenvalue weighted by molar-refractivity contribution is -0.883. The maximum Gasteiger partial charge on any atom is 0.362 e. The van der Waals surface area contributed by atoms with Crippen LogP contribution in [0.4, 0.5) is 0 Å². The van der Waals surface area contributed by atoms with Crippen LogP contribution < -0.4 is 10.6 Å². The number of carbonyl (C=O) groups is 5. The Morgan fingerprint density at radius 2 is 1.27 bits per heavy atom. The van der Waals surface area contributed by atoms with Gasteiger partial charge < -0.3 is 38.9 Å². The van der Waals surface area contributed by atoms with Gasteiger partial charge in [-0.05, 0) is 38.5 Å². The normalized spacial score (nSPS) is 13.1. The Morgan fingerprint density at radius 3 is 1.86 bits per heavy atom. The fourth-order valence-electron chi connectivity index (χ4n) is 5.03. The number of aliphatic hydroxyl groups is 1. The number of nitrogens with zero attached hydrogens (tertiary/aromatic N) is 2. The first kappa shape index (κ1) is 46.0. The summed E-state index contributed by atoms with van der Waals surface area (Å²) in [5.41, 5.74) is 0. The largest absolute Gasteiger partial charge is 0.460 e. The second kappa shape index (κ2) is 26.8. The molecule has 0 aromatic carbocycles. The molecule has 284 valence electrons. The lowest BCUT2D eigenvalue weighted by Gasteiger charge is -2.30. The summed E-state index contributed by atoms with van der Waals surface area (Å²) in [5, 5.41) is 16.5. The van der Waals surface area contributed by atoms with Gasteiger partial charge >= 0.3 is 17.9 Å². The number of allylic oxidation sites excluding steroid dienone is 1. The number of hydrogen-bond acceptors (Lipinski definition) is 9. The van der Waals surface area contributed by atoms with Gasteiger partial charge in [-0.2, -0.15) is 0 Å². The minimum Gasteiger partial charge on any atom is -0.460 e. The monoisotopic (exact) mass is 700 g/mol.